The summed E-state index contributed by atoms with van der Waals surface area (Å²) in [5, 5.41) is 15.0. The van der Waals surface area contributed by atoms with E-state index in [0.29, 0.717) is 23.7 Å². The zero-order chi connectivity index (χ0) is 16.9. The van der Waals surface area contributed by atoms with E-state index in [-0.39, 0.29) is 36.3 Å². The molecule has 24 heavy (non-hydrogen) atoms. The number of aliphatic imine (C=N–C) groups is 1. The fourth-order valence-corrected chi connectivity index (χ4v) is 1.91. The van der Waals surface area contributed by atoms with E-state index < -0.39 is 0 Å². The lowest BCUT2D eigenvalue weighted by Crippen LogP contribution is -2.37. The lowest BCUT2D eigenvalue weighted by atomic mass is 10.1. The molecule has 5 nitrogen and oxygen atoms in total. The van der Waals surface area contributed by atoms with E-state index in [1.54, 1.807) is 7.05 Å². The maximum absolute atomic E-state index is 13.7. The summed E-state index contributed by atoms with van der Waals surface area (Å²) < 4.78 is 19.2. The van der Waals surface area contributed by atoms with Crippen LogP contribution in [0.4, 0.5) is 4.39 Å². The maximum atomic E-state index is 13.7. The first kappa shape index (κ1) is 22.6. The summed E-state index contributed by atoms with van der Waals surface area (Å²) in [6.45, 7) is 4.65. The first-order valence-electron chi connectivity index (χ1n) is 7.92. The van der Waals surface area contributed by atoms with Crippen LogP contribution in [0.3, 0.4) is 0 Å². The number of unbranched alkanes of at least 4 members (excludes halogenated alkanes) is 1. The van der Waals surface area contributed by atoms with Crippen LogP contribution < -0.4 is 10.6 Å². The molecule has 7 heteroatoms. The smallest absolute Gasteiger partial charge is 0.191 e. The van der Waals surface area contributed by atoms with Crippen molar-refractivity contribution >= 4 is 29.9 Å². The maximum Gasteiger partial charge on any atom is 0.191 e. The highest BCUT2D eigenvalue weighted by atomic mass is 127. The van der Waals surface area contributed by atoms with Gasteiger partial charge in [0.25, 0.3) is 0 Å². The van der Waals surface area contributed by atoms with Crippen molar-refractivity contribution in [3.8, 4) is 6.07 Å². The van der Waals surface area contributed by atoms with Crippen molar-refractivity contribution in [3.05, 3.63) is 35.1 Å². The largest absolute Gasteiger partial charge is 0.381 e. The number of rotatable bonds is 9. The summed E-state index contributed by atoms with van der Waals surface area (Å²) in [5.41, 5.74) is 0.880. The molecule has 0 bridgehead atoms. The van der Waals surface area contributed by atoms with Gasteiger partial charge in [-0.2, -0.15) is 5.26 Å². The van der Waals surface area contributed by atoms with E-state index in [4.69, 9.17) is 10.00 Å². The van der Waals surface area contributed by atoms with Gasteiger partial charge in [0.05, 0.1) is 11.6 Å². The second kappa shape index (κ2) is 14.0. The first-order valence-corrected chi connectivity index (χ1v) is 7.92. The normalized spacial score (nSPS) is 10.7. The number of nitrogens with zero attached hydrogens (tertiary/aromatic N) is 2. The molecular formula is C17H26FIN4O. The summed E-state index contributed by atoms with van der Waals surface area (Å²) in [6.07, 6.45) is 3.10. The third kappa shape index (κ3) is 9.03. The molecule has 0 spiro atoms. The Hall–Kier alpha value is -1.40. The zero-order valence-corrected chi connectivity index (χ0v) is 16.6. The molecule has 1 rings (SSSR count). The van der Waals surface area contributed by atoms with Crippen molar-refractivity contribution in [2.75, 3.05) is 26.8 Å². The van der Waals surface area contributed by atoms with Crippen LogP contribution in [0.25, 0.3) is 0 Å². The standard InChI is InChI=1S/C17H25FN4O.HI/c1-3-4-9-23-10-5-8-21-17(20-2)22-13-15-11-14(12-19)6-7-16(15)18;/h6-7,11H,3-5,8-10,13H2,1-2H3,(H2,20,21,22);1H. The van der Waals surface area contributed by atoms with E-state index in [0.717, 1.165) is 32.4 Å². The monoisotopic (exact) mass is 448 g/mol. The van der Waals surface area contributed by atoms with Gasteiger partial charge in [-0.3, -0.25) is 4.99 Å². The second-order valence-electron chi connectivity index (χ2n) is 5.09. The zero-order valence-electron chi connectivity index (χ0n) is 14.3. The van der Waals surface area contributed by atoms with E-state index in [2.05, 4.69) is 22.5 Å². The van der Waals surface area contributed by atoms with Crippen LogP contribution in [0.1, 0.15) is 37.3 Å². The van der Waals surface area contributed by atoms with Gasteiger partial charge in [0.2, 0.25) is 0 Å². The molecule has 0 heterocycles. The molecule has 0 unspecified atom stereocenters. The van der Waals surface area contributed by atoms with Crippen LogP contribution in [0, 0.1) is 17.1 Å². The lowest BCUT2D eigenvalue weighted by Gasteiger charge is -2.12. The van der Waals surface area contributed by atoms with Crippen LogP contribution in [0.5, 0.6) is 0 Å². The van der Waals surface area contributed by atoms with Crippen molar-refractivity contribution in [3.63, 3.8) is 0 Å². The van der Waals surface area contributed by atoms with Crippen LogP contribution in [-0.2, 0) is 11.3 Å². The number of guanidine groups is 1. The molecule has 0 saturated carbocycles. The topological polar surface area (TPSA) is 69.4 Å². The highest BCUT2D eigenvalue weighted by Crippen LogP contribution is 2.09. The fraction of sp³-hybridized carbons (Fsp3) is 0.529. The third-order valence-electron chi connectivity index (χ3n) is 3.24. The lowest BCUT2D eigenvalue weighted by molar-refractivity contribution is 0.129. The Labute approximate surface area is 160 Å². The Morgan fingerprint density at radius 1 is 1.29 bits per heavy atom. The molecule has 0 aromatic heterocycles. The number of nitriles is 1. The van der Waals surface area contributed by atoms with Gasteiger partial charge >= 0.3 is 0 Å². The summed E-state index contributed by atoms with van der Waals surface area (Å²) in [6, 6.07) is 6.31. The predicted octanol–water partition coefficient (Wildman–Crippen LogP) is 3.19. The van der Waals surface area contributed by atoms with Gasteiger partial charge in [-0.15, -0.1) is 24.0 Å². The summed E-state index contributed by atoms with van der Waals surface area (Å²) in [4.78, 5) is 4.09. The fourth-order valence-electron chi connectivity index (χ4n) is 1.91. The van der Waals surface area contributed by atoms with Crippen LogP contribution in [-0.4, -0.2) is 32.8 Å². The predicted molar refractivity (Wildman–Crippen MR) is 105 cm³/mol. The Balaban J connectivity index is 0.00000529. The second-order valence-corrected chi connectivity index (χ2v) is 5.09. The number of nitrogens with one attached hydrogen (secondary N) is 2. The number of benzene rings is 1. The van der Waals surface area contributed by atoms with Crippen LogP contribution in [0.2, 0.25) is 0 Å². The van der Waals surface area contributed by atoms with Gasteiger partial charge in [-0.1, -0.05) is 13.3 Å². The number of hydrogen-bond donors (Lipinski definition) is 2. The van der Waals surface area contributed by atoms with Gasteiger partial charge in [0.1, 0.15) is 5.82 Å². The Morgan fingerprint density at radius 2 is 2.04 bits per heavy atom. The molecular weight excluding hydrogens is 422 g/mol. The van der Waals surface area contributed by atoms with Crippen molar-refractivity contribution in [1.82, 2.24) is 10.6 Å². The first-order chi connectivity index (χ1) is 11.2. The van der Waals surface area contributed by atoms with Crippen molar-refractivity contribution in [2.45, 2.75) is 32.7 Å². The molecule has 0 radical (unpaired) electrons. The SMILES string of the molecule is CCCCOCCCNC(=NC)NCc1cc(C#N)ccc1F.I. The summed E-state index contributed by atoms with van der Waals surface area (Å²) in [7, 11) is 1.66. The minimum absolute atomic E-state index is 0. The van der Waals surface area contributed by atoms with Gasteiger partial charge in [0, 0.05) is 38.9 Å². The third-order valence-corrected chi connectivity index (χ3v) is 3.24. The molecule has 2 N–H and O–H groups in total. The van der Waals surface area contributed by atoms with E-state index in [9.17, 15) is 4.39 Å². The molecule has 0 aliphatic carbocycles. The number of hydrogen-bond acceptors (Lipinski definition) is 3. The molecule has 0 amide bonds. The van der Waals surface area contributed by atoms with Crippen LogP contribution in [0.15, 0.2) is 23.2 Å². The van der Waals surface area contributed by atoms with E-state index >= 15 is 0 Å². The van der Waals surface area contributed by atoms with E-state index in [1.807, 2.05) is 6.07 Å². The molecule has 0 atom stereocenters. The van der Waals surface area contributed by atoms with E-state index in [1.165, 1.54) is 18.2 Å². The molecule has 0 fully saturated rings. The minimum Gasteiger partial charge on any atom is -0.381 e. The quantitative estimate of drug-likeness (QED) is 0.264. The Bertz CT molecular complexity index is 546. The van der Waals surface area contributed by atoms with Crippen molar-refractivity contribution in [2.24, 2.45) is 4.99 Å². The average Bonchev–Trinajstić information content (AvgIpc) is 2.58. The summed E-state index contributed by atoms with van der Waals surface area (Å²) in [5.74, 6) is 0.261. The summed E-state index contributed by atoms with van der Waals surface area (Å²) >= 11 is 0. The Kier molecular flexibility index (Phi) is 13.2. The van der Waals surface area contributed by atoms with Gasteiger partial charge in [-0.25, -0.2) is 4.39 Å². The highest BCUT2D eigenvalue weighted by molar-refractivity contribution is 14.0. The molecule has 1 aromatic rings. The van der Waals surface area contributed by atoms with Crippen LogP contribution >= 0.6 is 24.0 Å². The molecule has 134 valence electrons. The molecule has 0 aliphatic rings. The number of halogens is 2. The molecule has 0 aliphatic heterocycles. The highest BCUT2D eigenvalue weighted by Gasteiger charge is 2.05. The van der Waals surface area contributed by atoms with Crippen molar-refractivity contribution < 1.29 is 9.13 Å². The van der Waals surface area contributed by atoms with Gasteiger partial charge < -0.3 is 15.4 Å². The number of ether oxygens (including phenoxy) is 1. The van der Waals surface area contributed by atoms with Gasteiger partial charge in [0.15, 0.2) is 5.96 Å². The minimum atomic E-state index is -0.337. The molecule has 0 saturated heterocycles. The average molecular weight is 448 g/mol. The van der Waals surface area contributed by atoms with Gasteiger partial charge in [-0.05, 0) is 31.0 Å². The van der Waals surface area contributed by atoms with Crippen molar-refractivity contribution in [1.29, 1.82) is 5.26 Å². The Morgan fingerprint density at radius 3 is 2.71 bits per heavy atom. The molecule has 1 aromatic carbocycles.